The number of hydrogen-bond donors (Lipinski definition) is 0. The molecule has 3 rings (SSSR count). The lowest BCUT2D eigenvalue weighted by Gasteiger charge is -2.30. The molecule has 0 bridgehead atoms. The van der Waals surface area contributed by atoms with Crippen molar-refractivity contribution in [2.45, 2.75) is 58.6 Å². The number of imidazole rings is 1. The van der Waals surface area contributed by atoms with Gasteiger partial charge in [-0.2, -0.15) is 0 Å². The first-order chi connectivity index (χ1) is 16.1. The van der Waals surface area contributed by atoms with Gasteiger partial charge in [-0.25, -0.2) is 13.4 Å². The van der Waals surface area contributed by atoms with Gasteiger partial charge in [0, 0.05) is 31.2 Å². The van der Waals surface area contributed by atoms with Gasteiger partial charge in [-0.15, -0.1) is 0 Å². The third kappa shape index (κ3) is 9.25. The molecule has 7 nitrogen and oxygen atoms in total. The van der Waals surface area contributed by atoms with E-state index in [1.807, 2.05) is 41.7 Å². The molecule has 34 heavy (non-hydrogen) atoms. The second kappa shape index (κ2) is 14.5. The summed E-state index contributed by atoms with van der Waals surface area (Å²) in [6.07, 6.45) is 13.2. The minimum Gasteiger partial charge on any atom is -0.337 e. The fourth-order valence-corrected chi connectivity index (χ4v) is 4.54. The first-order valence-corrected chi connectivity index (χ1v) is 13.6. The van der Waals surface area contributed by atoms with Gasteiger partial charge in [0.05, 0.1) is 5.25 Å². The average molecular weight is 490 g/mol. The number of amides is 1. The van der Waals surface area contributed by atoms with Crippen LogP contribution in [-0.4, -0.2) is 59.5 Å². The summed E-state index contributed by atoms with van der Waals surface area (Å²) in [4.78, 5) is 27.4. The molecule has 1 unspecified atom stereocenters. The highest BCUT2D eigenvalue weighted by atomic mass is 32.2. The quantitative estimate of drug-likeness (QED) is 0.435. The van der Waals surface area contributed by atoms with Crippen molar-refractivity contribution >= 4 is 27.7 Å². The normalized spacial score (nSPS) is 15.1. The summed E-state index contributed by atoms with van der Waals surface area (Å²) in [6.45, 7) is 12.4. The molecule has 188 valence electrons. The standard InChI is InChI=1S/C15H19N3O3S.C9H16.C2H4O/c1-11-4-3-5-14-16-13(10-18(11)14)15(19)17-8-6-12(7-9-17)22(2,20)21;1-4-6-7-8-9(3)5-2;1-2-3/h3-5,10,12H,6-9H2,1-2H3;4,6-7,9H,1,5,8H2,2-3H3;2H,1H3/b;7-6-;. The predicted molar refractivity (Wildman–Crippen MR) is 139 cm³/mol. The van der Waals surface area contributed by atoms with Crippen molar-refractivity contribution < 1.29 is 18.0 Å². The molecule has 1 aliphatic heterocycles. The van der Waals surface area contributed by atoms with Crippen LogP contribution in [0.15, 0.2) is 49.2 Å². The van der Waals surface area contributed by atoms with Crippen molar-refractivity contribution in [1.29, 1.82) is 0 Å². The molecular formula is C26H39N3O4S. The summed E-state index contributed by atoms with van der Waals surface area (Å²) in [6, 6.07) is 5.73. The SMILES string of the molecule is C=C/C=C\CC(C)CC.CC=O.Cc1cccc2nc(C(=O)N3CCC(S(C)(=O)=O)CC3)cn12. The fourth-order valence-electron chi connectivity index (χ4n) is 3.47. The minimum absolute atomic E-state index is 0.130. The Morgan fingerprint density at radius 1 is 1.29 bits per heavy atom. The van der Waals surface area contributed by atoms with Gasteiger partial charge in [-0.05, 0) is 51.2 Å². The highest BCUT2D eigenvalue weighted by Gasteiger charge is 2.30. The number of aryl methyl sites for hydroxylation is 1. The number of sulfone groups is 1. The van der Waals surface area contributed by atoms with Crippen LogP contribution in [0.4, 0.5) is 0 Å². The monoisotopic (exact) mass is 489 g/mol. The zero-order valence-corrected chi connectivity index (χ0v) is 21.9. The first-order valence-electron chi connectivity index (χ1n) is 11.7. The molecular weight excluding hydrogens is 450 g/mol. The van der Waals surface area contributed by atoms with Crippen molar-refractivity contribution in [3.05, 3.63) is 60.6 Å². The lowest BCUT2D eigenvalue weighted by Crippen LogP contribution is -2.42. The van der Waals surface area contributed by atoms with E-state index in [2.05, 4.69) is 31.5 Å². The van der Waals surface area contributed by atoms with E-state index in [9.17, 15) is 13.2 Å². The number of piperidine rings is 1. The maximum absolute atomic E-state index is 12.5. The molecule has 1 atom stereocenters. The molecule has 2 aromatic heterocycles. The van der Waals surface area contributed by atoms with Crippen LogP contribution in [-0.2, 0) is 14.6 Å². The van der Waals surface area contributed by atoms with Gasteiger partial charge in [0.25, 0.3) is 5.91 Å². The second-order valence-electron chi connectivity index (χ2n) is 8.49. The number of carbonyl (C=O) groups excluding carboxylic acids is 2. The lowest BCUT2D eigenvalue weighted by molar-refractivity contribution is -0.106. The fraction of sp³-hybridized carbons (Fsp3) is 0.500. The molecule has 0 aromatic carbocycles. The van der Waals surface area contributed by atoms with Gasteiger partial charge in [-0.3, -0.25) is 4.79 Å². The first kappa shape index (κ1) is 29.3. The topological polar surface area (TPSA) is 88.8 Å². The summed E-state index contributed by atoms with van der Waals surface area (Å²) in [5, 5.41) is -0.333. The Bertz CT molecular complexity index is 1060. The number of aldehydes is 1. The molecule has 0 spiro atoms. The van der Waals surface area contributed by atoms with Crippen molar-refractivity contribution in [3.8, 4) is 0 Å². The number of nitrogens with zero attached hydrogens (tertiary/aromatic N) is 3. The number of carbonyl (C=O) groups is 2. The Hall–Kier alpha value is -2.74. The minimum atomic E-state index is -3.02. The molecule has 0 aliphatic carbocycles. The van der Waals surface area contributed by atoms with Gasteiger partial charge >= 0.3 is 0 Å². The molecule has 1 aliphatic rings. The lowest BCUT2D eigenvalue weighted by atomic mass is 10.1. The zero-order chi connectivity index (χ0) is 25.7. The van der Waals surface area contributed by atoms with Crippen molar-refractivity contribution in [1.82, 2.24) is 14.3 Å². The number of rotatable bonds is 6. The van der Waals surface area contributed by atoms with Crippen molar-refractivity contribution in [2.24, 2.45) is 5.92 Å². The number of likely N-dealkylation sites (tertiary alicyclic amines) is 1. The molecule has 2 aromatic rings. The van der Waals surface area contributed by atoms with Gasteiger partial charge in [0.15, 0.2) is 0 Å². The highest BCUT2D eigenvalue weighted by molar-refractivity contribution is 7.91. The Morgan fingerprint density at radius 2 is 1.91 bits per heavy atom. The van der Waals surface area contributed by atoms with Crippen molar-refractivity contribution in [2.75, 3.05) is 19.3 Å². The van der Waals surface area contributed by atoms with E-state index in [0.717, 1.165) is 23.5 Å². The van der Waals surface area contributed by atoms with E-state index in [0.29, 0.717) is 31.6 Å². The molecule has 0 radical (unpaired) electrons. The molecule has 3 heterocycles. The van der Waals surface area contributed by atoms with E-state index in [4.69, 9.17) is 4.79 Å². The van der Waals surface area contributed by atoms with E-state index in [-0.39, 0.29) is 11.2 Å². The summed E-state index contributed by atoms with van der Waals surface area (Å²) in [5.41, 5.74) is 2.17. The maximum atomic E-state index is 12.5. The van der Waals surface area contributed by atoms with Crippen LogP contribution in [0.2, 0.25) is 0 Å². The molecule has 8 heteroatoms. The van der Waals surface area contributed by atoms with Crippen molar-refractivity contribution in [3.63, 3.8) is 0 Å². The number of hydrogen-bond acceptors (Lipinski definition) is 5. The second-order valence-corrected chi connectivity index (χ2v) is 10.8. The summed E-state index contributed by atoms with van der Waals surface area (Å²) in [7, 11) is -3.02. The third-order valence-corrected chi connectivity index (χ3v) is 7.44. The van der Waals surface area contributed by atoms with Crippen LogP contribution in [0.1, 0.15) is 62.6 Å². The Labute approximate surface area is 204 Å². The van der Waals surface area contributed by atoms with E-state index >= 15 is 0 Å². The van der Waals surface area contributed by atoms with Crippen LogP contribution in [0.25, 0.3) is 5.65 Å². The summed E-state index contributed by atoms with van der Waals surface area (Å²) in [5.74, 6) is 0.691. The van der Waals surface area contributed by atoms with Crippen LogP contribution in [0.3, 0.4) is 0 Å². The van der Waals surface area contributed by atoms with Gasteiger partial charge in [-0.1, -0.05) is 51.1 Å². The molecule has 0 saturated carbocycles. The van der Waals surface area contributed by atoms with E-state index < -0.39 is 9.84 Å². The molecule has 1 amide bonds. The Kier molecular flexibility index (Phi) is 12.5. The Morgan fingerprint density at radius 3 is 2.41 bits per heavy atom. The van der Waals surface area contributed by atoms with Crippen LogP contribution >= 0.6 is 0 Å². The van der Waals surface area contributed by atoms with E-state index in [1.54, 1.807) is 11.1 Å². The van der Waals surface area contributed by atoms with E-state index in [1.165, 1.54) is 26.0 Å². The number of allylic oxidation sites excluding steroid dienone is 3. The largest absolute Gasteiger partial charge is 0.337 e. The van der Waals surface area contributed by atoms with Gasteiger partial charge in [0.1, 0.15) is 27.5 Å². The molecule has 1 fully saturated rings. The average Bonchev–Trinajstić information content (AvgIpc) is 3.25. The highest BCUT2D eigenvalue weighted by Crippen LogP contribution is 2.19. The van der Waals surface area contributed by atoms with Gasteiger partial charge in [0.2, 0.25) is 0 Å². The molecule has 0 N–H and O–H groups in total. The van der Waals surface area contributed by atoms with Crippen LogP contribution in [0.5, 0.6) is 0 Å². The smallest absolute Gasteiger partial charge is 0.274 e. The summed E-state index contributed by atoms with van der Waals surface area (Å²) >= 11 is 0. The summed E-state index contributed by atoms with van der Waals surface area (Å²) < 4.78 is 25.0. The third-order valence-electron chi connectivity index (χ3n) is 5.76. The zero-order valence-electron chi connectivity index (χ0n) is 21.1. The number of fused-ring (bicyclic) bond motifs is 1. The maximum Gasteiger partial charge on any atom is 0.274 e. The van der Waals surface area contributed by atoms with Crippen LogP contribution < -0.4 is 0 Å². The molecule has 1 saturated heterocycles. The predicted octanol–water partition coefficient (Wildman–Crippen LogP) is 4.66. The van der Waals surface area contributed by atoms with Gasteiger partial charge < -0.3 is 14.1 Å². The Balaban J connectivity index is 0.000000405. The van der Waals surface area contributed by atoms with Crippen LogP contribution in [0, 0.1) is 12.8 Å². The number of pyridine rings is 1. The number of aromatic nitrogens is 2.